The molecule has 116 valence electrons. The lowest BCUT2D eigenvalue weighted by atomic mass is 9.91. The lowest BCUT2D eigenvalue weighted by molar-refractivity contribution is 0.853. The Balaban J connectivity index is 1.83. The fourth-order valence-corrected chi connectivity index (χ4v) is 2.92. The van der Waals surface area contributed by atoms with Gasteiger partial charge in [0, 0.05) is 18.2 Å². The van der Waals surface area contributed by atoms with Gasteiger partial charge in [0.15, 0.2) is 0 Å². The van der Waals surface area contributed by atoms with Crippen molar-refractivity contribution in [1.82, 2.24) is 0 Å². The minimum absolute atomic E-state index is 0.270. The number of halogens is 2. The third-order valence-corrected chi connectivity index (χ3v) is 4.57. The van der Waals surface area contributed by atoms with E-state index in [-0.39, 0.29) is 5.92 Å². The zero-order chi connectivity index (χ0) is 16.1. The van der Waals surface area contributed by atoms with Gasteiger partial charge in [0.2, 0.25) is 0 Å². The van der Waals surface area contributed by atoms with Crippen molar-refractivity contribution < 1.29 is 0 Å². The van der Waals surface area contributed by atoms with Crippen LogP contribution in [0.5, 0.6) is 0 Å². The molecule has 0 bridgehead atoms. The minimum Gasteiger partial charge on any atom is -0.384 e. The summed E-state index contributed by atoms with van der Waals surface area (Å²) in [4.78, 5) is 0. The maximum absolute atomic E-state index is 6.09. The van der Waals surface area contributed by atoms with Crippen LogP contribution in [0.2, 0.25) is 10.0 Å². The van der Waals surface area contributed by atoms with Crippen LogP contribution in [0.4, 0.5) is 5.69 Å². The molecule has 23 heavy (non-hydrogen) atoms. The van der Waals surface area contributed by atoms with Gasteiger partial charge in [-0.15, -0.1) is 0 Å². The molecule has 0 spiro atoms. The first-order chi connectivity index (χ1) is 11.2. The molecule has 0 unspecified atom stereocenters. The van der Waals surface area contributed by atoms with Gasteiger partial charge in [-0.2, -0.15) is 0 Å². The Morgan fingerprint density at radius 1 is 0.696 bits per heavy atom. The maximum Gasteiger partial charge on any atom is 0.0612 e. The molecule has 0 radical (unpaired) electrons. The van der Waals surface area contributed by atoms with Crippen LogP contribution in [-0.4, -0.2) is 6.54 Å². The zero-order valence-corrected chi connectivity index (χ0v) is 14.1. The van der Waals surface area contributed by atoms with Crippen molar-refractivity contribution in [3.05, 3.63) is 100 Å². The Hall–Kier alpha value is -1.96. The molecule has 0 heterocycles. The Morgan fingerprint density at radius 3 is 1.78 bits per heavy atom. The number of benzene rings is 3. The van der Waals surface area contributed by atoms with E-state index in [1.807, 2.05) is 30.3 Å². The number of nitrogens with one attached hydrogen (secondary N) is 1. The van der Waals surface area contributed by atoms with Crippen LogP contribution in [0.15, 0.2) is 78.9 Å². The van der Waals surface area contributed by atoms with Gasteiger partial charge in [-0.3, -0.25) is 0 Å². The first-order valence-electron chi connectivity index (χ1n) is 7.53. The maximum atomic E-state index is 6.09. The second-order valence-corrected chi connectivity index (χ2v) is 6.20. The molecule has 3 aromatic carbocycles. The normalized spacial score (nSPS) is 10.7. The topological polar surface area (TPSA) is 12.0 Å². The van der Waals surface area contributed by atoms with Gasteiger partial charge >= 0.3 is 0 Å². The highest BCUT2D eigenvalue weighted by Crippen LogP contribution is 2.28. The van der Waals surface area contributed by atoms with Gasteiger partial charge in [-0.25, -0.2) is 0 Å². The summed E-state index contributed by atoms with van der Waals surface area (Å²) in [5.41, 5.74) is 3.54. The van der Waals surface area contributed by atoms with Gasteiger partial charge in [-0.05, 0) is 29.3 Å². The number of rotatable bonds is 5. The van der Waals surface area contributed by atoms with E-state index in [4.69, 9.17) is 23.2 Å². The summed E-state index contributed by atoms with van der Waals surface area (Å²) in [5.74, 6) is 0.270. The van der Waals surface area contributed by atoms with E-state index in [9.17, 15) is 0 Å². The van der Waals surface area contributed by atoms with Gasteiger partial charge < -0.3 is 5.32 Å². The van der Waals surface area contributed by atoms with Gasteiger partial charge in [0.25, 0.3) is 0 Å². The highest BCUT2D eigenvalue weighted by molar-refractivity contribution is 6.42. The summed E-state index contributed by atoms with van der Waals surface area (Å²) in [7, 11) is 0. The molecule has 0 saturated heterocycles. The lowest BCUT2D eigenvalue weighted by Crippen LogP contribution is -2.14. The molecule has 1 N–H and O–H groups in total. The molecule has 1 nitrogen and oxygen atoms in total. The fraction of sp³-hybridized carbons (Fsp3) is 0.100. The molecule has 0 amide bonds. The Morgan fingerprint density at radius 2 is 1.26 bits per heavy atom. The molecule has 0 aliphatic heterocycles. The fourth-order valence-electron chi connectivity index (χ4n) is 2.62. The summed E-state index contributed by atoms with van der Waals surface area (Å²) in [6.07, 6.45) is 0. The zero-order valence-electron chi connectivity index (χ0n) is 12.5. The Kier molecular flexibility index (Phi) is 5.22. The van der Waals surface area contributed by atoms with Crippen molar-refractivity contribution in [2.24, 2.45) is 0 Å². The highest BCUT2D eigenvalue weighted by Gasteiger charge is 2.13. The molecule has 0 aromatic heterocycles. The molecule has 0 fully saturated rings. The van der Waals surface area contributed by atoms with E-state index in [1.165, 1.54) is 11.1 Å². The highest BCUT2D eigenvalue weighted by atomic mass is 35.5. The van der Waals surface area contributed by atoms with Crippen LogP contribution in [-0.2, 0) is 0 Å². The van der Waals surface area contributed by atoms with Crippen LogP contribution in [0.25, 0.3) is 0 Å². The van der Waals surface area contributed by atoms with Crippen molar-refractivity contribution in [2.75, 3.05) is 11.9 Å². The minimum atomic E-state index is 0.270. The van der Waals surface area contributed by atoms with Crippen LogP contribution in [0.1, 0.15) is 17.0 Å². The molecular formula is C20H17Cl2N. The van der Waals surface area contributed by atoms with Crippen molar-refractivity contribution in [3.63, 3.8) is 0 Å². The second kappa shape index (κ2) is 7.54. The van der Waals surface area contributed by atoms with Crippen molar-refractivity contribution in [1.29, 1.82) is 0 Å². The van der Waals surface area contributed by atoms with Crippen molar-refractivity contribution in [2.45, 2.75) is 5.92 Å². The molecule has 0 aliphatic carbocycles. The van der Waals surface area contributed by atoms with Crippen molar-refractivity contribution in [3.8, 4) is 0 Å². The molecule has 0 saturated carbocycles. The number of hydrogen-bond acceptors (Lipinski definition) is 1. The summed E-state index contributed by atoms with van der Waals surface area (Å²) in [6.45, 7) is 0.784. The molecule has 0 aliphatic rings. The first kappa shape index (κ1) is 15.9. The van der Waals surface area contributed by atoms with E-state index in [2.05, 4.69) is 53.8 Å². The predicted molar refractivity (Wildman–Crippen MR) is 99.7 cm³/mol. The SMILES string of the molecule is Clc1ccc(NCC(c2ccccc2)c2ccccc2)cc1Cl. The van der Waals surface area contributed by atoms with E-state index in [1.54, 1.807) is 0 Å². The van der Waals surface area contributed by atoms with E-state index >= 15 is 0 Å². The average Bonchev–Trinajstić information content (AvgIpc) is 2.60. The summed E-state index contributed by atoms with van der Waals surface area (Å²) in [5, 5.41) is 4.60. The quantitative estimate of drug-likeness (QED) is 0.579. The number of anilines is 1. The van der Waals surface area contributed by atoms with Crippen LogP contribution < -0.4 is 5.32 Å². The van der Waals surface area contributed by atoms with Crippen LogP contribution in [0, 0.1) is 0 Å². The summed E-state index contributed by atoms with van der Waals surface area (Å²) >= 11 is 12.1. The second-order valence-electron chi connectivity index (χ2n) is 5.38. The summed E-state index contributed by atoms with van der Waals surface area (Å²) in [6, 6.07) is 26.6. The third-order valence-electron chi connectivity index (χ3n) is 3.83. The third kappa shape index (κ3) is 4.07. The number of hydrogen-bond donors (Lipinski definition) is 1. The molecular weight excluding hydrogens is 325 g/mol. The molecule has 3 heteroatoms. The molecule has 3 aromatic rings. The smallest absolute Gasteiger partial charge is 0.0612 e. The standard InChI is InChI=1S/C20H17Cl2N/c21-19-12-11-17(13-20(19)22)23-14-18(15-7-3-1-4-8-15)16-9-5-2-6-10-16/h1-13,18,23H,14H2. The summed E-state index contributed by atoms with van der Waals surface area (Å²) < 4.78 is 0. The average molecular weight is 342 g/mol. The van der Waals surface area contributed by atoms with Crippen molar-refractivity contribution >= 4 is 28.9 Å². The van der Waals surface area contributed by atoms with Gasteiger partial charge in [0.05, 0.1) is 10.0 Å². The molecule has 0 atom stereocenters. The van der Waals surface area contributed by atoms with E-state index in [0.717, 1.165) is 12.2 Å². The monoisotopic (exact) mass is 341 g/mol. The van der Waals surface area contributed by atoms with E-state index < -0.39 is 0 Å². The van der Waals surface area contributed by atoms with Crippen LogP contribution >= 0.6 is 23.2 Å². The Labute approximate surface area is 146 Å². The largest absolute Gasteiger partial charge is 0.384 e. The predicted octanol–water partition coefficient (Wildman–Crippen LogP) is 6.24. The van der Waals surface area contributed by atoms with Crippen LogP contribution in [0.3, 0.4) is 0 Å². The van der Waals surface area contributed by atoms with Gasteiger partial charge in [-0.1, -0.05) is 83.9 Å². The lowest BCUT2D eigenvalue weighted by Gasteiger charge is -2.19. The van der Waals surface area contributed by atoms with E-state index in [0.29, 0.717) is 10.0 Å². The Bertz CT molecular complexity index is 718. The molecule has 3 rings (SSSR count). The first-order valence-corrected chi connectivity index (χ1v) is 8.28. The van der Waals surface area contributed by atoms with Gasteiger partial charge in [0.1, 0.15) is 0 Å².